The molecule has 0 spiro atoms. The molecule has 2 aromatic carbocycles. The van der Waals surface area contributed by atoms with Gasteiger partial charge in [-0.2, -0.15) is 5.26 Å². The first-order valence-corrected chi connectivity index (χ1v) is 10.2. The van der Waals surface area contributed by atoms with E-state index in [1.54, 1.807) is 43.3 Å². The molecule has 3 rings (SSSR count). The predicted molar refractivity (Wildman–Crippen MR) is 125 cm³/mol. The van der Waals surface area contributed by atoms with Crippen molar-refractivity contribution >= 4 is 23.2 Å². The minimum Gasteiger partial charge on any atom is -0.380 e. The minimum absolute atomic E-state index is 0.0619. The fourth-order valence-electron chi connectivity index (χ4n) is 3.46. The summed E-state index contributed by atoms with van der Waals surface area (Å²) in [5.41, 5.74) is 2.61. The Morgan fingerprint density at radius 3 is 2.52 bits per heavy atom. The molecule has 2 N–H and O–H groups in total. The Kier molecular flexibility index (Phi) is 7.38. The monoisotopic (exact) mass is 444 g/mol. The predicted octanol–water partition coefficient (Wildman–Crippen LogP) is 3.37. The third kappa shape index (κ3) is 5.53. The fraction of sp³-hybridized carbons (Fsp3) is 0.200. The fourth-order valence-corrected chi connectivity index (χ4v) is 3.46. The molecule has 0 unspecified atom stereocenters. The number of carbonyl (C=O) groups excluding carboxylic acids is 2. The molecule has 168 valence electrons. The van der Waals surface area contributed by atoms with Gasteiger partial charge in [0.2, 0.25) is 5.91 Å². The Balaban J connectivity index is 1.82. The maximum absolute atomic E-state index is 12.8. The number of rotatable bonds is 7. The highest BCUT2D eigenvalue weighted by atomic mass is 16.5. The van der Waals surface area contributed by atoms with E-state index in [9.17, 15) is 19.6 Å². The number of para-hydroxylation sites is 1. The summed E-state index contributed by atoms with van der Waals surface area (Å²) < 4.78 is 6.27. The minimum atomic E-state index is -0.565. The van der Waals surface area contributed by atoms with Gasteiger partial charge in [0.1, 0.15) is 18.2 Å². The summed E-state index contributed by atoms with van der Waals surface area (Å²) in [5, 5.41) is 14.9. The quantitative estimate of drug-likeness (QED) is 0.580. The van der Waals surface area contributed by atoms with Crippen LogP contribution in [0.25, 0.3) is 0 Å². The zero-order chi connectivity index (χ0) is 24.0. The number of carbonyl (C=O) groups is 2. The largest absolute Gasteiger partial charge is 0.380 e. The van der Waals surface area contributed by atoms with Crippen LogP contribution in [0.4, 0.5) is 11.4 Å². The highest BCUT2D eigenvalue weighted by Crippen LogP contribution is 2.18. The van der Waals surface area contributed by atoms with Gasteiger partial charge in [-0.15, -0.1) is 0 Å². The average Bonchev–Trinajstić information content (AvgIpc) is 2.77. The van der Waals surface area contributed by atoms with E-state index in [0.717, 1.165) is 5.56 Å². The lowest BCUT2D eigenvalue weighted by Gasteiger charge is -2.15. The number of anilines is 2. The second-order valence-electron chi connectivity index (χ2n) is 7.54. The van der Waals surface area contributed by atoms with E-state index >= 15 is 0 Å². The van der Waals surface area contributed by atoms with Gasteiger partial charge >= 0.3 is 0 Å². The number of benzene rings is 2. The lowest BCUT2D eigenvalue weighted by Crippen LogP contribution is -2.32. The number of nitrogens with one attached hydrogen (secondary N) is 2. The molecule has 1 aromatic heterocycles. The van der Waals surface area contributed by atoms with E-state index in [1.807, 2.05) is 31.2 Å². The number of hydrogen-bond acceptors (Lipinski definition) is 5. The van der Waals surface area contributed by atoms with Gasteiger partial charge in [0.15, 0.2) is 0 Å². The third-order valence-corrected chi connectivity index (χ3v) is 5.02. The molecule has 33 heavy (non-hydrogen) atoms. The van der Waals surface area contributed by atoms with Gasteiger partial charge in [0.25, 0.3) is 11.5 Å². The molecule has 0 aliphatic carbocycles. The zero-order valence-corrected chi connectivity index (χ0v) is 18.6. The summed E-state index contributed by atoms with van der Waals surface area (Å²) in [6.07, 6.45) is 0. The van der Waals surface area contributed by atoms with Crippen molar-refractivity contribution in [3.63, 3.8) is 0 Å². The molecule has 0 fully saturated rings. The number of amides is 2. The van der Waals surface area contributed by atoms with Crippen molar-refractivity contribution in [1.82, 2.24) is 4.57 Å². The standard InChI is InChI=1S/C25H24N4O4/c1-16-7-6-8-19(11-16)27-24(31)20-9-4-5-10-22(20)28-23(30)14-29-17(2)12-18(15-33-3)21(13-26)25(29)32/h4-12H,14-15H2,1-3H3,(H,27,31)(H,28,30). The van der Waals surface area contributed by atoms with Crippen molar-refractivity contribution in [3.8, 4) is 6.07 Å². The van der Waals surface area contributed by atoms with Crippen LogP contribution in [0.15, 0.2) is 59.4 Å². The maximum Gasteiger partial charge on any atom is 0.269 e. The first-order chi connectivity index (χ1) is 15.8. The molecule has 8 heteroatoms. The van der Waals surface area contributed by atoms with Crippen LogP contribution in [0.3, 0.4) is 0 Å². The van der Waals surface area contributed by atoms with E-state index in [0.29, 0.717) is 22.6 Å². The molecule has 3 aromatic rings. The van der Waals surface area contributed by atoms with Gasteiger partial charge in [-0.05, 0) is 49.7 Å². The maximum atomic E-state index is 12.8. The van der Waals surface area contributed by atoms with Crippen molar-refractivity contribution in [2.45, 2.75) is 27.0 Å². The van der Waals surface area contributed by atoms with Crippen molar-refractivity contribution < 1.29 is 14.3 Å². The summed E-state index contributed by atoms with van der Waals surface area (Å²) in [4.78, 5) is 38.3. The summed E-state index contributed by atoms with van der Waals surface area (Å²) in [5.74, 6) is -0.875. The number of aromatic nitrogens is 1. The second-order valence-corrected chi connectivity index (χ2v) is 7.54. The van der Waals surface area contributed by atoms with Crippen LogP contribution >= 0.6 is 0 Å². The highest BCUT2D eigenvalue weighted by molar-refractivity contribution is 6.10. The molecule has 0 radical (unpaired) electrons. The molecule has 8 nitrogen and oxygen atoms in total. The topological polar surface area (TPSA) is 113 Å². The van der Waals surface area contributed by atoms with Crippen LogP contribution in [0, 0.1) is 25.2 Å². The number of methoxy groups -OCH3 is 1. The Hall–Kier alpha value is -4.22. The molecule has 1 heterocycles. The SMILES string of the molecule is COCc1cc(C)n(CC(=O)Nc2ccccc2C(=O)Nc2cccc(C)c2)c(=O)c1C#N. The molecule has 2 amide bonds. The molecular formula is C25H24N4O4. The summed E-state index contributed by atoms with van der Waals surface area (Å²) in [6.45, 7) is 3.42. The van der Waals surface area contributed by atoms with E-state index in [2.05, 4.69) is 10.6 Å². The van der Waals surface area contributed by atoms with Gasteiger partial charge in [-0.25, -0.2) is 0 Å². The number of nitrogens with zero attached hydrogens (tertiary/aromatic N) is 2. The lowest BCUT2D eigenvalue weighted by molar-refractivity contribution is -0.116. The van der Waals surface area contributed by atoms with Gasteiger partial charge in [0.05, 0.1) is 17.9 Å². The lowest BCUT2D eigenvalue weighted by atomic mass is 10.1. The average molecular weight is 444 g/mol. The van der Waals surface area contributed by atoms with Gasteiger partial charge in [-0.1, -0.05) is 24.3 Å². The second kappa shape index (κ2) is 10.4. The van der Waals surface area contributed by atoms with Crippen LogP contribution in [-0.4, -0.2) is 23.5 Å². The molecular weight excluding hydrogens is 420 g/mol. The first-order valence-electron chi connectivity index (χ1n) is 10.2. The van der Waals surface area contributed by atoms with Gasteiger partial charge in [-0.3, -0.25) is 14.4 Å². The Labute approximate surface area is 191 Å². The van der Waals surface area contributed by atoms with Crippen LogP contribution in [-0.2, 0) is 22.7 Å². The normalized spacial score (nSPS) is 10.4. The number of ether oxygens (including phenoxy) is 1. The van der Waals surface area contributed by atoms with E-state index in [1.165, 1.54) is 11.7 Å². The van der Waals surface area contributed by atoms with Crippen LogP contribution in [0.5, 0.6) is 0 Å². The molecule has 0 bridgehead atoms. The number of pyridine rings is 1. The Bertz CT molecular complexity index is 1300. The molecule has 0 atom stereocenters. The highest BCUT2D eigenvalue weighted by Gasteiger charge is 2.17. The summed E-state index contributed by atoms with van der Waals surface area (Å²) in [6, 6.07) is 17.5. The van der Waals surface area contributed by atoms with Crippen LogP contribution < -0.4 is 16.2 Å². The van der Waals surface area contributed by atoms with E-state index in [-0.39, 0.29) is 30.2 Å². The third-order valence-electron chi connectivity index (χ3n) is 5.02. The van der Waals surface area contributed by atoms with Crippen molar-refractivity contribution in [3.05, 3.63) is 92.9 Å². The summed E-state index contributed by atoms with van der Waals surface area (Å²) in [7, 11) is 1.47. The molecule has 0 aliphatic rings. The Morgan fingerprint density at radius 1 is 1.06 bits per heavy atom. The van der Waals surface area contributed by atoms with E-state index < -0.39 is 11.5 Å². The van der Waals surface area contributed by atoms with Gasteiger partial charge < -0.3 is 19.9 Å². The zero-order valence-electron chi connectivity index (χ0n) is 18.6. The van der Waals surface area contributed by atoms with Crippen LogP contribution in [0.2, 0.25) is 0 Å². The first kappa shape index (κ1) is 23.4. The summed E-state index contributed by atoms with van der Waals surface area (Å²) >= 11 is 0. The molecule has 0 saturated heterocycles. The van der Waals surface area contributed by atoms with Crippen LogP contribution in [0.1, 0.15) is 32.7 Å². The van der Waals surface area contributed by atoms with Gasteiger partial charge in [0, 0.05) is 24.1 Å². The molecule has 0 aliphatic heterocycles. The van der Waals surface area contributed by atoms with Crippen molar-refractivity contribution in [1.29, 1.82) is 5.26 Å². The molecule has 0 saturated carbocycles. The number of nitriles is 1. The number of hydrogen-bond donors (Lipinski definition) is 2. The van der Waals surface area contributed by atoms with Crippen molar-refractivity contribution in [2.75, 3.05) is 17.7 Å². The van der Waals surface area contributed by atoms with Crippen molar-refractivity contribution in [2.24, 2.45) is 0 Å². The number of aryl methyl sites for hydroxylation is 2. The Morgan fingerprint density at radius 2 is 1.82 bits per heavy atom. The smallest absolute Gasteiger partial charge is 0.269 e. The van der Waals surface area contributed by atoms with E-state index in [4.69, 9.17) is 4.74 Å².